The van der Waals surface area contributed by atoms with Crippen molar-refractivity contribution in [1.29, 1.82) is 0 Å². The van der Waals surface area contributed by atoms with Gasteiger partial charge in [-0.2, -0.15) is 13.2 Å². The van der Waals surface area contributed by atoms with E-state index >= 15 is 0 Å². The molecule has 1 saturated heterocycles. The SMILES string of the molecule is CCCCCN1CC(C(=O)Nc2cccc(C(F)(F)F)c2)CC1=O. The fourth-order valence-corrected chi connectivity index (χ4v) is 2.73. The van der Waals surface area contributed by atoms with Crippen LogP contribution >= 0.6 is 0 Å². The number of amides is 2. The molecule has 2 amide bonds. The number of nitrogens with one attached hydrogen (secondary N) is 1. The zero-order chi connectivity index (χ0) is 17.7. The van der Waals surface area contributed by atoms with Crippen LogP contribution in [0.1, 0.15) is 38.2 Å². The average molecular weight is 342 g/mol. The lowest BCUT2D eigenvalue weighted by molar-refractivity contribution is -0.137. The summed E-state index contributed by atoms with van der Waals surface area (Å²) in [5.74, 6) is -1.01. The number of halogens is 3. The topological polar surface area (TPSA) is 49.4 Å². The minimum atomic E-state index is -4.46. The van der Waals surface area contributed by atoms with Gasteiger partial charge in [0.15, 0.2) is 0 Å². The Labute approximate surface area is 139 Å². The number of hydrogen-bond donors (Lipinski definition) is 1. The molecule has 132 valence electrons. The molecule has 24 heavy (non-hydrogen) atoms. The van der Waals surface area contributed by atoms with Crippen LogP contribution in [-0.2, 0) is 15.8 Å². The predicted molar refractivity (Wildman–Crippen MR) is 84.3 cm³/mol. The number of carbonyl (C=O) groups excluding carboxylic acids is 2. The normalized spacial score (nSPS) is 18.1. The first-order valence-electron chi connectivity index (χ1n) is 8.07. The van der Waals surface area contributed by atoms with Crippen LogP contribution in [0.25, 0.3) is 0 Å². The van der Waals surface area contributed by atoms with Crippen molar-refractivity contribution in [3.05, 3.63) is 29.8 Å². The van der Waals surface area contributed by atoms with E-state index in [-0.39, 0.29) is 18.0 Å². The van der Waals surface area contributed by atoms with Crippen molar-refractivity contribution in [1.82, 2.24) is 4.90 Å². The van der Waals surface area contributed by atoms with E-state index in [2.05, 4.69) is 12.2 Å². The van der Waals surface area contributed by atoms with Crippen LogP contribution in [0.3, 0.4) is 0 Å². The van der Waals surface area contributed by atoms with E-state index < -0.39 is 23.6 Å². The maximum absolute atomic E-state index is 12.7. The molecule has 1 atom stereocenters. The molecule has 2 rings (SSSR count). The summed E-state index contributed by atoms with van der Waals surface area (Å²) in [5, 5.41) is 2.49. The molecule has 1 heterocycles. The lowest BCUT2D eigenvalue weighted by atomic mass is 10.1. The average Bonchev–Trinajstić information content (AvgIpc) is 2.88. The van der Waals surface area contributed by atoms with E-state index in [9.17, 15) is 22.8 Å². The van der Waals surface area contributed by atoms with Gasteiger partial charge in [0.05, 0.1) is 11.5 Å². The van der Waals surface area contributed by atoms with E-state index in [1.807, 2.05) is 0 Å². The zero-order valence-electron chi connectivity index (χ0n) is 13.5. The summed E-state index contributed by atoms with van der Waals surface area (Å²) in [6.07, 6.45) is -1.40. The van der Waals surface area contributed by atoms with E-state index in [0.29, 0.717) is 13.1 Å². The molecule has 0 radical (unpaired) electrons. The Morgan fingerprint density at radius 2 is 2.08 bits per heavy atom. The fourth-order valence-electron chi connectivity index (χ4n) is 2.73. The summed E-state index contributed by atoms with van der Waals surface area (Å²) >= 11 is 0. The van der Waals surface area contributed by atoms with Gasteiger partial charge in [0.1, 0.15) is 0 Å². The number of carbonyl (C=O) groups is 2. The lowest BCUT2D eigenvalue weighted by Gasteiger charge is -2.16. The van der Waals surface area contributed by atoms with Crippen molar-refractivity contribution < 1.29 is 22.8 Å². The molecule has 0 aliphatic carbocycles. The summed E-state index contributed by atoms with van der Waals surface area (Å²) in [7, 11) is 0. The summed E-state index contributed by atoms with van der Waals surface area (Å²) < 4.78 is 38.1. The molecule has 0 spiro atoms. The van der Waals surface area contributed by atoms with Crippen molar-refractivity contribution in [3.8, 4) is 0 Å². The summed E-state index contributed by atoms with van der Waals surface area (Å²) in [4.78, 5) is 25.8. The molecule has 1 fully saturated rings. The van der Waals surface area contributed by atoms with Gasteiger partial charge >= 0.3 is 6.18 Å². The first-order valence-corrected chi connectivity index (χ1v) is 8.07. The van der Waals surface area contributed by atoms with Gasteiger partial charge in [-0.25, -0.2) is 0 Å². The summed E-state index contributed by atoms with van der Waals surface area (Å²) in [6.45, 7) is 3.02. The zero-order valence-corrected chi connectivity index (χ0v) is 13.5. The first-order chi connectivity index (χ1) is 11.3. The monoisotopic (exact) mass is 342 g/mol. The summed E-state index contributed by atoms with van der Waals surface area (Å²) in [5.41, 5.74) is -0.726. The number of nitrogens with zero attached hydrogens (tertiary/aromatic N) is 1. The van der Waals surface area contributed by atoms with Gasteiger partial charge in [-0.05, 0) is 24.6 Å². The predicted octanol–water partition coefficient (Wildman–Crippen LogP) is 3.68. The van der Waals surface area contributed by atoms with Gasteiger partial charge in [-0.15, -0.1) is 0 Å². The van der Waals surface area contributed by atoms with Gasteiger partial charge in [-0.1, -0.05) is 25.8 Å². The molecule has 7 heteroatoms. The van der Waals surface area contributed by atoms with Gasteiger partial charge in [0.25, 0.3) is 0 Å². The molecule has 1 aromatic carbocycles. The van der Waals surface area contributed by atoms with Gasteiger partial charge < -0.3 is 10.2 Å². The van der Waals surface area contributed by atoms with Crippen LogP contribution in [0, 0.1) is 5.92 Å². The second kappa shape index (κ2) is 7.68. The Balaban J connectivity index is 1.95. The second-order valence-electron chi connectivity index (χ2n) is 6.02. The largest absolute Gasteiger partial charge is 0.416 e. The van der Waals surface area contributed by atoms with E-state index in [4.69, 9.17) is 0 Å². The Morgan fingerprint density at radius 1 is 1.33 bits per heavy atom. The number of rotatable bonds is 6. The van der Waals surface area contributed by atoms with Crippen LogP contribution < -0.4 is 5.32 Å². The van der Waals surface area contributed by atoms with Crippen LogP contribution in [0.5, 0.6) is 0 Å². The van der Waals surface area contributed by atoms with Gasteiger partial charge in [0, 0.05) is 25.2 Å². The minimum Gasteiger partial charge on any atom is -0.342 e. The number of likely N-dealkylation sites (tertiary alicyclic amines) is 1. The Kier molecular flexibility index (Phi) is 5.85. The number of anilines is 1. The molecule has 1 aliphatic rings. The molecule has 1 unspecified atom stereocenters. The standard InChI is InChI=1S/C17H21F3N2O2/c1-2-3-4-8-22-11-12(9-15(22)23)16(24)21-14-7-5-6-13(10-14)17(18,19)20/h5-7,10,12H,2-4,8-9,11H2,1H3,(H,21,24). The highest BCUT2D eigenvalue weighted by molar-refractivity contribution is 5.97. The van der Waals surface area contributed by atoms with E-state index in [0.717, 1.165) is 31.4 Å². The third-order valence-corrected chi connectivity index (χ3v) is 4.07. The Morgan fingerprint density at radius 3 is 2.75 bits per heavy atom. The molecule has 1 N–H and O–H groups in total. The maximum Gasteiger partial charge on any atom is 0.416 e. The van der Waals surface area contributed by atoms with Crippen molar-refractivity contribution in [2.75, 3.05) is 18.4 Å². The van der Waals surface area contributed by atoms with Gasteiger partial charge in [0.2, 0.25) is 11.8 Å². The van der Waals surface area contributed by atoms with Crippen LogP contribution in [0.4, 0.5) is 18.9 Å². The van der Waals surface area contributed by atoms with E-state index in [1.165, 1.54) is 12.1 Å². The molecule has 0 saturated carbocycles. The highest BCUT2D eigenvalue weighted by Gasteiger charge is 2.34. The number of benzene rings is 1. The van der Waals surface area contributed by atoms with Crippen molar-refractivity contribution in [2.24, 2.45) is 5.92 Å². The third-order valence-electron chi connectivity index (χ3n) is 4.07. The lowest BCUT2D eigenvalue weighted by Crippen LogP contribution is -2.29. The summed E-state index contributed by atoms with van der Waals surface area (Å²) in [6, 6.07) is 4.50. The smallest absolute Gasteiger partial charge is 0.342 e. The number of alkyl halides is 3. The Bertz CT molecular complexity index is 602. The van der Waals surface area contributed by atoms with E-state index in [1.54, 1.807) is 4.90 Å². The number of hydrogen-bond acceptors (Lipinski definition) is 2. The van der Waals surface area contributed by atoms with Gasteiger partial charge in [-0.3, -0.25) is 9.59 Å². The number of unbranched alkanes of at least 4 members (excludes halogenated alkanes) is 2. The quantitative estimate of drug-likeness (QED) is 0.802. The van der Waals surface area contributed by atoms with Crippen molar-refractivity contribution in [3.63, 3.8) is 0 Å². The minimum absolute atomic E-state index is 0.0738. The molecule has 0 bridgehead atoms. The van der Waals surface area contributed by atoms with Crippen molar-refractivity contribution >= 4 is 17.5 Å². The van der Waals surface area contributed by atoms with Crippen molar-refractivity contribution in [2.45, 2.75) is 38.8 Å². The second-order valence-corrected chi connectivity index (χ2v) is 6.02. The molecule has 0 aromatic heterocycles. The third kappa shape index (κ3) is 4.72. The molecular formula is C17H21F3N2O2. The first kappa shape index (κ1) is 18.3. The molecule has 4 nitrogen and oxygen atoms in total. The Hall–Kier alpha value is -2.05. The maximum atomic E-state index is 12.7. The molecule has 1 aliphatic heterocycles. The van der Waals surface area contributed by atoms with Crippen LogP contribution in [0.2, 0.25) is 0 Å². The highest BCUT2D eigenvalue weighted by atomic mass is 19.4. The molecule has 1 aromatic rings. The van der Waals surface area contributed by atoms with Crippen LogP contribution in [-0.4, -0.2) is 29.8 Å². The highest BCUT2D eigenvalue weighted by Crippen LogP contribution is 2.31. The fraction of sp³-hybridized carbons (Fsp3) is 0.529. The molecular weight excluding hydrogens is 321 g/mol. The van der Waals surface area contributed by atoms with Crippen LogP contribution in [0.15, 0.2) is 24.3 Å².